The van der Waals surface area contributed by atoms with Crippen LogP contribution in [0.1, 0.15) is 39.9 Å². The van der Waals surface area contributed by atoms with Gasteiger partial charge in [-0.1, -0.05) is 0 Å². The summed E-state index contributed by atoms with van der Waals surface area (Å²) in [5.74, 6) is 1.35. The zero-order chi connectivity index (χ0) is 18.2. The average Bonchev–Trinajstić information content (AvgIpc) is 3.10. The Bertz CT molecular complexity index is 780. The lowest BCUT2D eigenvalue weighted by molar-refractivity contribution is 0.0275. The molecule has 1 aliphatic rings. The van der Waals surface area contributed by atoms with E-state index < -0.39 is 5.60 Å². The molecule has 0 saturated carbocycles. The molecule has 0 unspecified atom stereocenters. The highest BCUT2D eigenvalue weighted by atomic mass is 16.6. The maximum atomic E-state index is 12.2. The van der Waals surface area contributed by atoms with Crippen molar-refractivity contribution in [2.75, 3.05) is 13.1 Å². The standard InChI is InChI=1S/C17H25N5O3/c1-6-22-11(2)20-13-14(22)18-10-19-15(13)24-12-7-8-21(9-12)16(23)25-17(3,4)5/h10,12H,6-9H2,1-5H3/t12-/m0/s1. The van der Waals surface area contributed by atoms with E-state index in [0.717, 1.165) is 24.4 Å². The fraction of sp³-hybridized carbons (Fsp3) is 0.647. The Morgan fingerprint density at radius 3 is 2.80 bits per heavy atom. The van der Waals surface area contributed by atoms with Crippen LogP contribution in [0.4, 0.5) is 4.79 Å². The van der Waals surface area contributed by atoms with E-state index in [1.807, 2.05) is 39.2 Å². The van der Waals surface area contributed by atoms with Gasteiger partial charge in [0.25, 0.3) is 0 Å². The number of nitrogens with zero attached hydrogens (tertiary/aromatic N) is 5. The van der Waals surface area contributed by atoms with E-state index >= 15 is 0 Å². The van der Waals surface area contributed by atoms with Gasteiger partial charge in [0.1, 0.15) is 23.9 Å². The predicted octanol–water partition coefficient (Wildman–Crippen LogP) is 2.54. The second kappa shape index (κ2) is 6.50. The number of hydrogen-bond donors (Lipinski definition) is 0. The summed E-state index contributed by atoms with van der Waals surface area (Å²) >= 11 is 0. The van der Waals surface area contributed by atoms with Crippen molar-refractivity contribution in [2.24, 2.45) is 0 Å². The Labute approximate surface area is 147 Å². The van der Waals surface area contributed by atoms with Crippen LogP contribution in [-0.2, 0) is 11.3 Å². The van der Waals surface area contributed by atoms with Crippen LogP contribution in [0, 0.1) is 6.92 Å². The van der Waals surface area contributed by atoms with Crippen molar-refractivity contribution in [3.05, 3.63) is 12.2 Å². The number of aromatic nitrogens is 4. The summed E-state index contributed by atoms with van der Waals surface area (Å²) in [5, 5.41) is 0. The van der Waals surface area contributed by atoms with Crippen LogP contribution < -0.4 is 4.74 Å². The molecule has 3 heterocycles. The molecule has 1 aliphatic heterocycles. The number of aryl methyl sites for hydroxylation is 2. The van der Waals surface area contributed by atoms with Crippen LogP contribution in [0.25, 0.3) is 11.2 Å². The topological polar surface area (TPSA) is 82.4 Å². The number of amides is 1. The Morgan fingerprint density at radius 1 is 1.36 bits per heavy atom. The Balaban J connectivity index is 1.72. The summed E-state index contributed by atoms with van der Waals surface area (Å²) in [7, 11) is 0. The van der Waals surface area contributed by atoms with Crippen LogP contribution in [-0.4, -0.2) is 55.3 Å². The molecule has 1 fully saturated rings. The lowest BCUT2D eigenvalue weighted by Gasteiger charge is -2.24. The van der Waals surface area contributed by atoms with E-state index in [0.29, 0.717) is 24.5 Å². The van der Waals surface area contributed by atoms with E-state index in [1.54, 1.807) is 4.90 Å². The number of fused-ring (bicyclic) bond motifs is 1. The largest absolute Gasteiger partial charge is 0.471 e. The van der Waals surface area contributed by atoms with Crippen LogP contribution in [0.2, 0.25) is 0 Å². The van der Waals surface area contributed by atoms with Gasteiger partial charge in [-0.15, -0.1) is 0 Å². The van der Waals surface area contributed by atoms with Crippen LogP contribution in [0.15, 0.2) is 6.33 Å². The highest BCUT2D eigenvalue weighted by Crippen LogP contribution is 2.25. The molecular formula is C17H25N5O3. The van der Waals surface area contributed by atoms with Crippen molar-refractivity contribution >= 4 is 17.3 Å². The van der Waals surface area contributed by atoms with Gasteiger partial charge in [0.15, 0.2) is 11.2 Å². The predicted molar refractivity (Wildman–Crippen MR) is 92.6 cm³/mol. The van der Waals surface area contributed by atoms with Crippen molar-refractivity contribution in [1.82, 2.24) is 24.4 Å². The third-order valence-corrected chi connectivity index (χ3v) is 4.08. The molecule has 0 radical (unpaired) electrons. The molecule has 0 spiro atoms. The number of rotatable bonds is 3. The van der Waals surface area contributed by atoms with Crippen LogP contribution in [0.5, 0.6) is 5.88 Å². The second-order valence-electron chi connectivity index (χ2n) is 7.21. The quantitative estimate of drug-likeness (QED) is 0.848. The van der Waals surface area contributed by atoms with Crippen molar-refractivity contribution in [3.63, 3.8) is 0 Å². The lowest BCUT2D eigenvalue weighted by atomic mass is 10.2. The van der Waals surface area contributed by atoms with Crippen molar-refractivity contribution in [1.29, 1.82) is 0 Å². The fourth-order valence-electron chi connectivity index (χ4n) is 2.96. The first-order chi connectivity index (χ1) is 11.8. The first-order valence-corrected chi connectivity index (χ1v) is 8.61. The number of likely N-dealkylation sites (tertiary alicyclic amines) is 1. The molecule has 8 heteroatoms. The van der Waals surface area contributed by atoms with Crippen molar-refractivity contribution < 1.29 is 14.3 Å². The Kier molecular flexibility index (Phi) is 4.53. The highest BCUT2D eigenvalue weighted by Gasteiger charge is 2.31. The van der Waals surface area contributed by atoms with E-state index in [2.05, 4.69) is 15.0 Å². The molecule has 0 aromatic carbocycles. The normalized spacial score (nSPS) is 18.0. The van der Waals surface area contributed by atoms with Gasteiger partial charge in [0.05, 0.1) is 6.54 Å². The summed E-state index contributed by atoms with van der Waals surface area (Å²) < 4.78 is 13.5. The number of carbonyl (C=O) groups excluding carboxylic acids is 1. The second-order valence-corrected chi connectivity index (χ2v) is 7.21. The number of carbonyl (C=O) groups is 1. The molecule has 0 N–H and O–H groups in total. The van der Waals surface area contributed by atoms with Gasteiger partial charge >= 0.3 is 6.09 Å². The van der Waals surface area contributed by atoms with E-state index in [9.17, 15) is 4.79 Å². The minimum Gasteiger partial charge on any atom is -0.471 e. The summed E-state index contributed by atoms with van der Waals surface area (Å²) in [6, 6.07) is 0. The van der Waals surface area contributed by atoms with Gasteiger partial charge < -0.3 is 18.9 Å². The van der Waals surface area contributed by atoms with Crippen molar-refractivity contribution in [2.45, 2.75) is 59.3 Å². The first-order valence-electron chi connectivity index (χ1n) is 8.61. The number of hydrogen-bond acceptors (Lipinski definition) is 6. The summed E-state index contributed by atoms with van der Waals surface area (Å²) in [6.45, 7) is 11.4. The molecule has 3 rings (SSSR count). The number of imidazole rings is 1. The van der Waals surface area contributed by atoms with Crippen LogP contribution >= 0.6 is 0 Å². The molecule has 1 saturated heterocycles. The first kappa shape index (κ1) is 17.4. The third-order valence-electron chi connectivity index (χ3n) is 4.08. The van der Waals surface area contributed by atoms with Gasteiger partial charge in [-0.05, 0) is 34.6 Å². The molecule has 1 atom stereocenters. The number of ether oxygens (including phenoxy) is 2. The smallest absolute Gasteiger partial charge is 0.410 e. The van der Waals surface area contributed by atoms with Gasteiger partial charge in [0, 0.05) is 19.5 Å². The zero-order valence-corrected chi connectivity index (χ0v) is 15.4. The maximum absolute atomic E-state index is 12.2. The van der Waals surface area contributed by atoms with Gasteiger partial charge in [-0.25, -0.2) is 14.8 Å². The third kappa shape index (κ3) is 3.67. The Hall–Kier alpha value is -2.38. The van der Waals surface area contributed by atoms with E-state index in [4.69, 9.17) is 9.47 Å². The summed E-state index contributed by atoms with van der Waals surface area (Å²) in [4.78, 5) is 26.9. The average molecular weight is 347 g/mol. The van der Waals surface area contributed by atoms with Crippen molar-refractivity contribution in [3.8, 4) is 5.88 Å². The molecule has 8 nitrogen and oxygen atoms in total. The maximum Gasteiger partial charge on any atom is 0.410 e. The molecule has 25 heavy (non-hydrogen) atoms. The van der Waals surface area contributed by atoms with Crippen LogP contribution in [0.3, 0.4) is 0 Å². The Morgan fingerprint density at radius 2 is 2.12 bits per heavy atom. The molecule has 2 aromatic rings. The van der Waals surface area contributed by atoms with E-state index in [1.165, 1.54) is 6.33 Å². The summed E-state index contributed by atoms with van der Waals surface area (Å²) in [6.07, 6.45) is 1.79. The molecule has 2 aromatic heterocycles. The molecular weight excluding hydrogens is 322 g/mol. The van der Waals surface area contributed by atoms with Gasteiger partial charge in [-0.2, -0.15) is 4.98 Å². The molecule has 0 bridgehead atoms. The minimum atomic E-state index is -0.501. The van der Waals surface area contributed by atoms with Gasteiger partial charge in [0.2, 0.25) is 5.88 Å². The molecule has 1 amide bonds. The highest BCUT2D eigenvalue weighted by molar-refractivity contribution is 5.76. The summed E-state index contributed by atoms with van der Waals surface area (Å²) in [5.41, 5.74) is 0.934. The molecule has 0 aliphatic carbocycles. The lowest BCUT2D eigenvalue weighted by Crippen LogP contribution is -2.36. The minimum absolute atomic E-state index is 0.127. The SMILES string of the molecule is CCn1c(C)nc2c(O[C@H]3CCN(C(=O)OC(C)(C)C)C3)ncnc21. The van der Waals surface area contributed by atoms with E-state index in [-0.39, 0.29) is 12.2 Å². The zero-order valence-electron chi connectivity index (χ0n) is 15.4. The van der Waals surface area contributed by atoms with Gasteiger partial charge in [-0.3, -0.25) is 0 Å². The molecule has 136 valence electrons. The fourth-order valence-corrected chi connectivity index (χ4v) is 2.96. The monoisotopic (exact) mass is 347 g/mol.